The second-order valence-electron chi connectivity index (χ2n) is 8.82. The smallest absolute Gasteiger partial charge is 0.252 e. The van der Waals surface area contributed by atoms with E-state index >= 15 is 0 Å². The predicted molar refractivity (Wildman–Crippen MR) is 120 cm³/mol. The van der Waals surface area contributed by atoms with Gasteiger partial charge in [-0.05, 0) is 55.7 Å². The molecule has 1 aromatic carbocycles. The third-order valence-electron chi connectivity index (χ3n) is 6.31. The molecule has 0 spiro atoms. The molecule has 2 saturated carbocycles. The summed E-state index contributed by atoms with van der Waals surface area (Å²) in [6.45, 7) is 2.69. The van der Waals surface area contributed by atoms with E-state index in [2.05, 4.69) is 22.7 Å². The fourth-order valence-electron chi connectivity index (χ4n) is 3.99. The van der Waals surface area contributed by atoms with Gasteiger partial charge in [0.15, 0.2) is 0 Å². The van der Waals surface area contributed by atoms with Crippen LogP contribution in [-0.2, 0) is 11.3 Å². The topological polar surface area (TPSA) is 102 Å². The van der Waals surface area contributed by atoms with Gasteiger partial charge in [-0.15, -0.1) is 0 Å². The normalized spacial score (nSPS) is 16.8. The maximum absolute atomic E-state index is 12.0. The Kier molecular flexibility index (Phi) is 4.88. The van der Waals surface area contributed by atoms with Gasteiger partial charge in [-0.25, -0.2) is 4.52 Å². The zero-order chi connectivity index (χ0) is 21.5. The predicted octanol–water partition coefficient (Wildman–Crippen LogP) is 3.34. The first-order chi connectivity index (χ1) is 15.0. The van der Waals surface area contributed by atoms with Crippen molar-refractivity contribution >= 4 is 23.0 Å². The molecule has 0 unspecified atom stereocenters. The van der Waals surface area contributed by atoms with Gasteiger partial charge in [-0.1, -0.05) is 24.3 Å². The Hall–Kier alpha value is -3.35. The molecule has 4 N–H and O–H groups in total. The van der Waals surface area contributed by atoms with E-state index in [0.717, 1.165) is 40.7 Å². The molecule has 0 radical (unpaired) electrons. The van der Waals surface area contributed by atoms with E-state index in [1.54, 1.807) is 4.52 Å². The van der Waals surface area contributed by atoms with E-state index in [-0.39, 0.29) is 17.9 Å². The largest absolute Gasteiger partial charge is 0.380 e. The number of anilines is 1. The summed E-state index contributed by atoms with van der Waals surface area (Å²) in [5.41, 5.74) is 10.7. The molecule has 2 aromatic heterocycles. The molecule has 0 aliphatic heterocycles. The number of carbonyl (C=O) groups excluding carboxylic acids is 2. The Balaban J connectivity index is 1.40. The Morgan fingerprint density at radius 1 is 1.16 bits per heavy atom. The van der Waals surface area contributed by atoms with Crippen LogP contribution in [0.15, 0.2) is 42.7 Å². The molecule has 2 amide bonds. The molecule has 2 fully saturated rings. The first-order valence-corrected chi connectivity index (χ1v) is 10.9. The SMILES string of the molecule is C[C@@H](Nc1c(C(N)=O)cnn2cc(-c3ccc(CNC(=O)C4CC4)cc3)cc12)C1CC1. The monoisotopic (exact) mass is 417 g/mol. The number of aromatic nitrogens is 2. The summed E-state index contributed by atoms with van der Waals surface area (Å²) in [5, 5.41) is 10.9. The van der Waals surface area contributed by atoms with E-state index in [9.17, 15) is 9.59 Å². The van der Waals surface area contributed by atoms with Crippen molar-refractivity contribution in [2.75, 3.05) is 5.32 Å². The van der Waals surface area contributed by atoms with Gasteiger partial charge >= 0.3 is 0 Å². The number of nitrogens with zero attached hydrogens (tertiary/aromatic N) is 2. The average Bonchev–Trinajstić information content (AvgIpc) is 3.68. The van der Waals surface area contributed by atoms with Crippen LogP contribution in [0.4, 0.5) is 5.69 Å². The molecular formula is C24H27N5O2. The number of fused-ring (bicyclic) bond motifs is 1. The van der Waals surface area contributed by atoms with Gasteiger partial charge < -0.3 is 16.4 Å². The zero-order valence-corrected chi connectivity index (χ0v) is 17.6. The molecule has 7 heteroatoms. The van der Waals surface area contributed by atoms with Gasteiger partial charge in [-0.3, -0.25) is 9.59 Å². The Labute approximate surface area is 181 Å². The van der Waals surface area contributed by atoms with E-state index in [0.29, 0.717) is 18.0 Å². The van der Waals surface area contributed by atoms with Gasteiger partial charge in [0.2, 0.25) is 5.91 Å². The summed E-state index contributed by atoms with van der Waals surface area (Å²) >= 11 is 0. The molecule has 31 heavy (non-hydrogen) atoms. The molecule has 2 aliphatic rings. The van der Waals surface area contributed by atoms with Gasteiger partial charge in [0, 0.05) is 30.3 Å². The van der Waals surface area contributed by atoms with Crippen LogP contribution in [0.5, 0.6) is 0 Å². The highest BCUT2D eigenvalue weighted by Crippen LogP contribution is 2.36. The summed E-state index contributed by atoms with van der Waals surface area (Å²) in [7, 11) is 0. The lowest BCUT2D eigenvalue weighted by Gasteiger charge is -2.17. The molecule has 5 rings (SSSR count). The Bertz CT molecular complexity index is 1140. The van der Waals surface area contributed by atoms with Crippen LogP contribution in [0, 0.1) is 11.8 Å². The third-order valence-corrected chi connectivity index (χ3v) is 6.31. The van der Waals surface area contributed by atoms with Crippen LogP contribution in [-0.4, -0.2) is 27.5 Å². The first-order valence-electron chi connectivity index (χ1n) is 10.9. The quantitative estimate of drug-likeness (QED) is 0.523. The maximum Gasteiger partial charge on any atom is 0.252 e. The van der Waals surface area contributed by atoms with Crippen molar-refractivity contribution in [1.29, 1.82) is 0 Å². The molecular weight excluding hydrogens is 390 g/mol. The lowest BCUT2D eigenvalue weighted by atomic mass is 10.1. The lowest BCUT2D eigenvalue weighted by molar-refractivity contribution is -0.122. The number of rotatable bonds is 8. The number of nitrogens with one attached hydrogen (secondary N) is 2. The van der Waals surface area contributed by atoms with Crippen molar-refractivity contribution < 1.29 is 9.59 Å². The summed E-state index contributed by atoms with van der Waals surface area (Å²) < 4.78 is 1.79. The van der Waals surface area contributed by atoms with Crippen LogP contribution in [0.25, 0.3) is 16.6 Å². The van der Waals surface area contributed by atoms with Crippen LogP contribution in [0.3, 0.4) is 0 Å². The highest BCUT2D eigenvalue weighted by atomic mass is 16.2. The number of hydrogen-bond acceptors (Lipinski definition) is 4. The van der Waals surface area contributed by atoms with Crippen LogP contribution < -0.4 is 16.4 Å². The second-order valence-corrected chi connectivity index (χ2v) is 8.82. The molecule has 0 bridgehead atoms. The number of primary amides is 1. The van der Waals surface area contributed by atoms with Gasteiger partial charge in [0.25, 0.3) is 5.91 Å². The van der Waals surface area contributed by atoms with Gasteiger partial charge in [-0.2, -0.15) is 5.10 Å². The van der Waals surface area contributed by atoms with Crippen molar-refractivity contribution in [3.63, 3.8) is 0 Å². The summed E-state index contributed by atoms with van der Waals surface area (Å²) in [5.74, 6) is 0.521. The fourth-order valence-corrected chi connectivity index (χ4v) is 3.99. The third kappa shape index (κ3) is 4.13. The molecule has 160 valence electrons. The van der Waals surface area contributed by atoms with E-state index in [4.69, 9.17) is 5.73 Å². The number of nitrogens with two attached hydrogens (primary N) is 1. The number of benzene rings is 1. The Morgan fingerprint density at radius 2 is 1.90 bits per heavy atom. The first kappa shape index (κ1) is 19.6. The van der Waals surface area contributed by atoms with Crippen LogP contribution in [0.1, 0.15) is 48.5 Å². The van der Waals surface area contributed by atoms with Crippen LogP contribution >= 0.6 is 0 Å². The minimum atomic E-state index is -0.485. The summed E-state index contributed by atoms with van der Waals surface area (Å²) in [6, 6.07) is 10.5. The highest BCUT2D eigenvalue weighted by Gasteiger charge is 2.30. The zero-order valence-electron chi connectivity index (χ0n) is 17.6. The molecule has 3 aromatic rings. The number of carbonyl (C=O) groups is 2. The van der Waals surface area contributed by atoms with E-state index in [1.807, 2.05) is 36.5 Å². The van der Waals surface area contributed by atoms with Crippen molar-refractivity contribution in [2.45, 2.75) is 45.2 Å². The van der Waals surface area contributed by atoms with E-state index < -0.39 is 5.91 Å². The minimum Gasteiger partial charge on any atom is -0.380 e. The molecule has 2 aliphatic carbocycles. The van der Waals surface area contributed by atoms with Gasteiger partial charge in [0.05, 0.1) is 23.0 Å². The average molecular weight is 418 g/mol. The van der Waals surface area contributed by atoms with Crippen molar-refractivity contribution in [2.24, 2.45) is 17.6 Å². The van der Waals surface area contributed by atoms with Crippen molar-refractivity contribution in [3.05, 3.63) is 53.9 Å². The molecule has 0 saturated heterocycles. The van der Waals surface area contributed by atoms with Crippen molar-refractivity contribution in [1.82, 2.24) is 14.9 Å². The summed E-state index contributed by atoms with van der Waals surface area (Å²) in [4.78, 5) is 23.8. The lowest BCUT2D eigenvalue weighted by Crippen LogP contribution is -2.24. The Morgan fingerprint density at radius 3 is 2.55 bits per heavy atom. The summed E-state index contributed by atoms with van der Waals surface area (Å²) in [6.07, 6.45) is 7.93. The highest BCUT2D eigenvalue weighted by molar-refractivity contribution is 6.02. The van der Waals surface area contributed by atoms with Crippen LogP contribution in [0.2, 0.25) is 0 Å². The molecule has 7 nitrogen and oxygen atoms in total. The van der Waals surface area contributed by atoms with E-state index in [1.165, 1.54) is 19.0 Å². The standard InChI is InChI=1S/C24H27N5O2/c1-14(16-6-7-16)28-22-20(23(25)30)12-27-29-13-19(10-21(22)29)17-4-2-15(3-5-17)11-26-24(31)18-8-9-18/h2-5,10,12-14,16,18,28H,6-9,11H2,1H3,(H2,25,30)(H,26,31)/t14-/m1/s1. The van der Waals surface area contributed by atoms with Crippen molar-refractivity contribution in [3.8, 4) is 11.1 Å². The fraction of sp³-hybridized carbons (Fsp3) is 0.375. The second kappa shape index (κ2) is 7.72. The molecule has 1 atom stereocenters. The minimum absolute atomic E-state index is 0.152. The van der Waals surface area contributed by atoms with Gasteiger partial charge in [0.1, 0.15) is 0 Å². The molecule has 2 heterocycles. The number of amides is 2. The maximum atomic E-state index is 12.0. The number of hydrogen-bond donors (Lipinski definition) is 3.